The van der Waals surface area contributed by atoms with E-state index in [-0.39, 0.29) is 23.8 Å². The molecule has 0 aliphatic heterocycles. The molecule has 0 aliphatic rings. The minimum absolute atomic E-state index is 0.00453. The van der Waals surface area contributed by atoms with Crippen LogP contribution in [0.4, 0.5) is 5.69 Å². The Balaban J connectivity index is 1.80. The molecule has 10 heteroatoms. The number of halogens is 1. The number of ether oxygens (including phenoxy) is 1. The Kier molecular flexibility index (Phi) is 11.7. The second-order valence-electron chi connectivity index (χ2n) is 12.3. The highest BCUT2D eigenvalue weighted by Crippen LogP contribution is 2.27. The number of aryl methyl sites for hydroxylation is 1. The number of amides is 2. The molecule has 0 saturated carbocycles. The third kappa shape index (κ3) is 9.83. The van der Waals surface area contributed by atoms with Crippen LogP contribution in [-0.2, 0) is 32.6 Å². The Hall–Kier alpha value is -4.34. The summed E-state index contributed by atoms with van der Waals surface area (Å²) in [6.07, 6.45) is 0.220. The van der Waals surface area contributed by atoms with Gasteiger partial charge in [-0.15, -0.1) is 0 Å². The molecule has 0 aromatic heterocycles. The molecule has 1 atom stereocenters. The van der Waals surface area contributed by atoms with E-state index in [1.807, 2.05) is 65.0 Å². The van der Waals surface area contributed by atoms with Gasteiger partial charge in [-0.25, -0.2) is 8.42 Å². The molecule has 0 saturated heterocycles. The van der Waals surface area contributed by atoms with E-state index >= 15 is 0 Å². The van der Waals surface area contributed by atoms with Crippen molar-refractivity contribution < 1.29 is 22.7 Å². The van der Waals surface area contributed by atoms with Crippen LogP contribution in [0, 0.1) is 6.92 Å². The fourth-order valence-electron chi connectivity index (χ4n) is 5.03. The topological polar surface area (TPSA) is 96.0 Å². The number of nitrogens with zero attached hydrogens (tertiary/aromatic N) is 2. The maximum absolute atomic E-state index is 14.6. The summed E-state index contributed by atoms with van der Waals surface area (Å²) in [6, 6.07) is 28.5. The van der Waals surface area contributed by atoms with E-state index in [4.69, 9.17) is 16.3 Å². The van der Waals surface area contributed by atoms with Crippen molar-refractivity contribution in [2.24, 2.45) is 0 Å². The average molecular weight is 676 g/mol. The van der Waals surface area contributed by atoms with Crippen LogP contribution in [0.15, 0.2) is 108 Å². The smallest absolute Gasteiger partial charge is 0.264 e. The lowest BCUT2D eigenvalue weighted by Gasteiger charge is -2.35. The Morgan fingerprint density at radius 1 is 0.851 bits per heavy atom. The van der Waals surface area contributed by atoms with Crippen LogP contribution in [0.5, 0.6) is 5.75 Å². The fraction of sp³-hybridized carbons (Fsp3) is 0.297. The standard InChI is InChI=1S/C37H42ClN3O5S/c1-6-46-32-20-22-33(23-21-32)47(44,45)41(31-18-12-27(2)13-19-31)26-35(42)40(25-29-14-16-30(38)17-15-29)34(36(43)39-37(3,4)5)24-28-10-8-7-9-11-28/h7-23,34H,6,24-26H2,1-5H3,(H,39,43)/t34-/m0/s1. The zero-order valence-electron chi connectivity index (χ0n) is 27.4. The van der Waals surface area contributed by atoms with Crippen LogP contribution >= 0.6 is 11.6 Å². The van der Waals surface area contributed by atoms with Crippen LogP contribution < -0.4 is 14.4 Å². The number of nitrogens with one attached hydrogen (secondary N) is 1. The molecule has 1 N–H and O–H groups in total. The maximum atomic E-state index is 14.6. The summed E-state index contributed by atoms with van der Waals surface area (Å²) in [5, 5.41) is 3.57. The number of carbonyl (C=O) groups excluding carboxylic acids is 2. The molecule has 0 fully saturated rings. The number of rotatable bonds is 13. The third-order valence-corrected chi connectivity index (χ3v) is 9.40. The highest BCUT2D eigenvalue weighted by molar-refractivity contribution is 7.92. The van der Waals surface area contributed by atoms with Crippen molar-refractivity contribution in [2.45, 2.75) is 64.1 Å². The summed E-state index contributed by atoms with van der Waals surface area (Å²) < 4.78 is 35.1. The Morgan fingerprint density at radius 3 is 2.04 bits per heavy atom. The molecule has 4 aromatic carbocycles. The molecule has 0 bridgehead atoms. The van der Waals surface area contributed by atoms with Crippen molar-refractivity contribution in [1.82, 2.24) is 10.2 Å². The van der Waals surface area contributed by atoms with Gasteiger partial charge in [0.1, 0.15) is 18.3 Å². The lowest BCUT2D eigenvalue weighted by Crippen LogP contribution is -2.56. The van der Waals surface area contributed by atoms with E-state index in [1.165, 1.54) is 17.0 Å². The van der Waals surface area contributed by atoms with Crippen LogP contribution in [0.1, 0.15) is 44.4 Å². The molecule has 0 radical (unpaired) electrons. The van der Waals surface area contributed by atoms with Crippen molar-refractivity contribution in [3.05, 3.63) is 125 Å². The number of benzene rings is 4. The van der Waals surface area contributed by atoms with Gasteiger partial charge in [-0.1, -0.05) is 71.8 Å². The molecule has 4 aromatic rings. The second kappa shape index (κ2) is 15.5. The highest BCUT2D eigenvalue weighted by Gasteiger charge is 2.35. The normalized spacial score (nSPS) is 12.2. The minimum atomic E-state index is -4.23. The summed E-state index contributed by atoms with van der Waals surface area (Å²) in [5.74, 6) is -0.355. The van der Waals surface area contributed by atoms with Crippen molar-refractivity contribution >= 4 is 39.1 Å². The van der Waals surface area contributed by atoms with Crippen LogP contribution in [0.2, 0.25) is 5.02 Å². The van der Waals surface area contributed by atoms with E-state index in [0.717, 1.165) is 21.0 Å². The number of carbonyl (C=O) groups is 2. The highest BCUT2D eigenvalue weighted by atomic mass is 35.5. The van der Waals surface area contributed by atoms with E-state index in [2.05, 4.69) is 5.32 Å². The summed E-state index contributed by atoms with van der Waals surface area (Å²) in [5.41, 5.74) is 2.27. The van der Waals surface area contributed by atoms with Crippen molar-refractivity contribution in [1.29, 1.82) is 0 Å². The molecule has 0 spiro atoms. The zero-order valence-corrected chi connectivity index (χ0v) is 29.0. The van der Waals surface area contributed by atoms with Gasteiger partial charge in [0.05, 0.1) is 17.2 Å². The van der Waals surface area contributed by atoms with Gasteiger partial charge >= 0.3 is 0 Å². The van der Waals surface area contributed by atoms with Gasteiger partial charge < -0.3 is 15.0 Å². The van der Waals surface area contributed by atoms with Gasteiger partial charge in [-0.05, 0) is 94.3 Å². The van der Waals surface area contributed by atoms with Crippen LogP contribution in [0.3, 0.4) is 0 Å². The first kappa shape index (κ1) is 35.5. The lowest BCUT2D eigenvalue weighted by molar-refractivity contribution is -0.140. The van der Waals surface area contributed by atoms with E-state index < -0.39 is 34.1 Å². The first-order chi connectivity index (χ1) is 22.3. The number of hydrogen-bond donors (Lipinski definition) is 1. The Morgan fingerprint density at radius 2 is 1.47 bits per heavy atom. The third-order valence-electron chi connectivity index (χ3n) is 7.36. The Labute approximate surface area is 283 Å². The number of sulfonamides is 1. The first-order valence-electron chi connectivity index (χ1n) is 15.5. The Bertz CT molecular complexity index is 1740. The minimum Gasteiger partial charge on any atom is -0.494 e. The molecule has 0 unspecified atom stereocenters. The number of hydrogen-bond acceptors (Lipinski definition) is 5. The first-order valence-corrected chi connectivity index (χ1v) is 17.3. The van der Waals surface area contributed by atoms with E-state index in [1.54, 1.807) is 60.7 Å². The van der Waals surface area contributed by atoms with Crippen molar-refractivity contribution in [3.63, 3.8) is 0 Å². The second-order valence-corrected chi connectivity index (χ2v) is 14.6. The summed E-state index contributed by atoms with van der Waals surface area (Å²) in [6.45, 7) is 9.31. The summed E-state index contributed by atoms with van der Waals surface area (Å²) >= 11 is 6.16. The largest absolute Gasteiger partial charge is 0.494 e. The fourth-order valence-corrected chi connectivity index (χ4v) is 6.58. The predicted octanol–water partition coefficient (Wildman–Crippen LogP) is 6.80. The van der Waals surface area contributed by atoms with Crippen LogP contribution in [-0.4, -0.2) is 49.9 Å². The monoisotopic (exact) mass is 675 g/mol. The zero-order chi connectivity index (χ0) is 34.2. The van der Waals surface area contributed by atoms with Gasteiger partial charge in [-0.3, -0.25) is 13.9 Å². The van der Waals surface area contributed by atoms with E-state index in [0.29, 0.717) is 23.1 Å². The SMILES string of the molecule is CCOc1ccc(S(=O)(=O)N(CC(=O)N(Cc2ccc(Cl)cc2)[C@@H](Cc2ccccc2)C(=O)NC(C)(C)C)c2ccc(C)cc2)cc1. The predicted molar refractivity (Wildman–Crippen MR) is 187 cm³/mol. The van der Waals surface area contributed by atoms with Crippen LogP contribution in [0.25, 0.3) is 0 Å². The van der Waals surface area contributed by atoms with Crippen molar-refractivity contribution in [3.8, 4) is 5.75 Å². The molecule has 8 nitrogen and oxygen atoms in total. The lowest BCUT2D eigenvalue weighted by atomic mass is 10.0. The molecular weight excluding hydrogens is 634 g/mol. The van der Waals surface area contributed by atoms with E-state index in [9.17, 15) is 18.0 Å². The quantitative estimate of drug-likeness (QED) is 0.168. The maximum Gasteiger partial charge on any atom is 0.264 e. The molecule has 248 valence electrons. The van der Waals surface area contributed by atoms with Gasteiger partial charge in [0, 0.05) is 23.5 Å². The van der Waals surface area contributed by atoms with Gasteiger partial charge in [0.25, 0.3) is 10.0 Å². The van der Waals surface area contributed by atoms with Gasteiger partial charge in [0.15, 0.2) is 0 Å². The molecule has 47 heavy (non-hydrogen) atoms. The average Bonchev–Trinajstić information content (AvgIpc) is 3.03. The van der Waals surface area contributed by atoms with Gasteiger partial charge in [0.2, 0.25) is 11.8 Å². The molecule has 0 aliphatic carbocycles. The van der Waals surface area contributed by atoms with Gasteiger partial charge in [-0.2, -0.15) is 0 Å². The molecule has 4 rings (SSSR count). The molecule has 2 amide bonds. The summed E-state index contributed by atoms with van der Waals surface area (Å²) in [4.78, 5) is 30.0. The molecule has 0 heterocycles. The molecular formula is C37H42ClN3O5S. The summed E-state index contributed by atoms with van der Waals surface area (Å²) in [7, 11) is -4.23. The van der Waals surface area contributed by atoms with Crippen molar-refractivity contribution in [2.75, 3.05) is 17.5 Å². The number of anilines is 1.